The minimum absolute atomic E-state index is 0.0587. The molecule has 3 amide bonds. The van der Waals surface area contributed by atoms with Crippen LogP contribution in [-0.2, 0) is 25.6 Å². The number of nitrogens with one attached hydrogen (secondary N) is 2. The first-order chi connectivity index (χ1) is 13.9. The van der Waals surface area contributed by atoms with Gasteiger partial charge in [0.2, 0.25) is 17.7 Å². The first kappa shape index (κ1) is 20.8. The van der Waals surface area contributed by atoms with E-state index in [0.29, 0.717) is 44.5 Å². The molecule has 11 nitrogen and oxygen atoms in total. The number of nitrogens with zero attached hydrogens (tertiary/aromatic N) is 3. The molecule has 3 rings (SSSR count). The van der Waals surface area contributed by atoms with Crippen molar-refractivity contribution in [1.29, 1.82) is 0 Å². The van der Waals surface area contributed by atoms with Gasteiger partial charge in [-0.05, 0) is 25.7 Å². The summed E-state index contributed by atoms with van der Waals surface area (Å²) < 4.78 is 0. The summed E-state index contributed by atoms with van der Waals surface area (Å²) in [6.45, 7) is 0.709. The molecule has 0 radical (unpaired) electrons. The number of carboxylic acids is 1. The summed E-state index contributed by atoms with van der Waals surface area (Å²) in [5.41, 5.74) is 6.02. The second-order valence-electron chi connectivity index (χ2n) is 7.32. The minimum atomic E-state index is -1.17. The predicted molar refractivity (Wildman–Crippen MR) is 100 cm³/mol. The van der Waals surface area contributed by atoms with Crippen molar-refractivity contribution in [3.05, 3.63) is 18.2 Å². The van der Waals surface area contributed by atoms with Gasteiger partial charge in [0.15, 0.2) is 0 Å². The van der Waals surface area contributed by atoms with Crippen molar-refractivity contribution in [3.63, 3.8) is 0 Å². The fraction of sp³-hybridized carbons (Fsp3) is 0.611. The first-order valence-corrected chi connectivity index (χ1v) is 9.72. The van der Waals surface area contributed by atoms with Crippen molar-refractivity contribution in [3.8, 4) is 0 Å². The van der Waals surface area contributed by atoms with Crippen molar-refractivity contribution in [1.82, 2.24) is 25.1 Å². The average molecular weight is 406 g/mol. The number of aromatic nitrogens is 2. The number of hydrogen-bond acceptors (Lipinski definition) is 6. The standard InChI is InChI=1S/C18H26N6O5/c19-8-15(25)23-5-2-4-14(23)17(27)24-6-1-3-13(24)16(26)22-12(18(28)29)7-11-9-20-10-21-11/h9-10,12-14H,1-8,19H2,(H,20,21)(H,22,26)(H,28,29). The van der Waals surface area contributed by atoms with E-state index in [0.717, 1.165) is 0 Å². The molecule has 0 aromatic carbocycles. The van der Waals surface area contributed by atoms with Crippen LogP contribution >= 0.6 is 0 Å². The van der Waals surface area contributed by atoms with E-state index in [1.165, 1.54) is 22.3 Å². The Labute approximate surface area is 167 Å². The summed E-state index contributed by atoms with van der Waals surface area (Å²) in [4.78, 5) is 59.0. The molecule has 1 aromatic heterocycles. The number of carbonyl (C=O) groups is 4. The molecule has 29 heavy (non-hydrogen) atoms. The Bertz CT molecular complexity index is 767. The van der Waals surface area contributed by atoms with Crippen molar-refractivity contribution in [2.45, 2.75) is 50.2 Å². The lowest BCUT2D eigenvalue weighted by atomic mass is 10.1. The molecule has 3 heterocycles. The number of rotatable bonds is 7. The van der Waals surface area contributed by atoms with Gasteiger partial charge in [0.25, 0.3) is 0 Å². The van der Waals surface area contributed by atoms with Crippen LogP contribution in [0.3, 0.4) is 0 Å². The Morgan fingerprint density at radius 1 is 1.21 bits per heavy atom. The zero-order chi connectivity index (χ0) is 21.0. The fourth-order valence-electron chi connectivity index (χ4n) is 4.02. The Kier molecular flexibility index (Phi) is 6.47. The molecule has 3 atom stereocenters. The van der Waals surface area contributed by atoms with E-state index in [-0.39, 0.29) is 24.8 Å². The van der Waals surface area contributed by atoms with E-state index in [4.69, 9.17) is 5.73 Å². The molecule has 5 N–H and O–H groups in total. The summed E-state index contributed by atoms with van der Waals surface area (Å²) >= 11 is 0. The van der Waals surface area contributed by atoms with Gasteiger partial charge in [-0.2, -0.15) is 0 Å². The van der Waals surface area contributed by atoms with Gasteiger partial charge in [-0.3, -0.25) is 14.4 Å². The smallest absolute Gasteiger partial charge is 0.326 e. The van der Waals surface area contributed by atoms with Crippen LogP contribution in [0.1, 0.15) is 31.4 Å². The largest absolute Gasteiger partial charge is 0.480 e. The normalized spacial score (nSPS) is 22.5. The molecule has 2 fully saturated rings. The van der Waals surface area contributed by atoms with Gasteiger partial charge in [-0.15, -0.1) is 0 Å². The predicted octanol–water partition coefficient (Wildman–Crippen LogP) is -1.54. The summed E-state index contributed by atoms with van der Waals surface area (Å²) in [7, 11) is 0. The van der Waals surface area contributed by atoms with Crippen LogP contribution in [0.5, 0.6) is 0 Å². The number of H-pyrrole nitrogens is 1. The van der Waals surface area contributed by atoms with Gasteiger partial charge in [-0.25, -0.2) is 9.78 Å². The number of imidazole rings is 1. The molecule has 0 saturated carbocycles. The van der Waals surface area contributed by atoms with Crippen molar-refractivity contribution in [2.24, 2.45) is 5.73 Å². The molecule has 3 unspecified atom stereocenters. The van der Waals surface area contributed by atoms with Gasteiger partial charge in [0.05, 0.1) is 12.9 Å². The van der Waals surface area contributed by atoms with Crippen LogP contribution < -0.4 is 11.1 Å². The Morgan fingerprint density at radius 3 is 2.52 bits per heavy atom. The van der Waals surface area contributed by atoms with E-state index < -0.39 is 30.0 Å². The fourth-order valence-corrected chi connectivity index (χ4v) is 4.02. The van der Waals surface area contributed by atoms with E-state index in [1.807, 2.05) is 0 Å². The van der Waals surface area contributed by atoms with Gasteiger partial charge >= 0.3 is 5.97 Å². The molecular weight excluding hydrogens is 380 g/mol. The molecule has 11 heteroatoms. The van der Waals surface area contributed by atoms with Crippen LogP contribution in [-0.4, -0.2) is 86.3 Å². The third-order valence-corrected chi connectivity index (χ3v) is 5.46. The topological polar surface area (TPSA) is 162 Å². The number of amides is 3. The Balaban J connectivity index is 1.67. The second kappa shape index (κ2) is 9.03. The van der Waals surface area contributed by atoms with E-state index >= 15 is 0 Å². The minimum Gasteiger partial charge on any atom is -0.480 e. The zero-order valence-electron chi connectivity index (χ0n) is 16.0. The second-order valence-corrected chi connectivity index (χ2v) is 7.32. The molecule has 2 saturated heterocycles. The number of likely N-dealkylation sites (tertiary alicyclic amines) is 2. The van der Waals surface area contributed by atoms with Crippen LogP contribution in [0.2, 0.25) is 0 Å². The Morgan fingerprint density at radius 2 is 1.90 bits per heavy atom. The van der Waals surface area contributed by atoms with E-state index in [1.54, 1.807) is 0 Å². The zero-order valence-corrected chi connectivity index (χ0v) is 16.0. The maximum absolute atomic E-state index is 13.1. The maximum Gasteiger partial charge on any atom is 0.326 e. The lowest BCUT2D eigenvalue weighted by molar-refractivity contribution is -0.147. The lowest BCUT2D eigenvalue weighted by Crippen LogP contribution is -2.55. The molecule has 1 aromatic rings. The number of aromatic amines is 1. The van der Waals surface area contributed by atoms with Gasteiger partial charge in [-0.1, -0.05) is 0 Å². The number of aliphatic carboxylic acids is 1. The molecule has 0 bridgehead atoms. The summed E-state index contributed by atoms with van der Waals surface area (Å²) in [5, 5.41) is 12.0. The van der Waals surface area contributed by atoms with Gasteiger partial charge < -0.3 is 30.9 Å². The monoisotopic (exact) mass is 406 g/mol. The molecular formula is C18H26N6O5. The van der Waals surface area contributed by atoms with Crippen molar-refractivity contribution in [2.75, 3.05) is 19.6 Å². The van der Waals surface area contributed by atoms with Crippen molar-refractivity contribution < 1.29 is 24.3 Å². The van der Waals surface area contributed by atoms with Gasteiger partial charge in [0.1, 0.15) is 18.1 Å². The molecule has 2 aliphatic rings. The van der Waals surface area contributed by atoms with Crippen LogP contribution in [0.4, 0.5) is 0 Å². The number of carbonyl (C=O) groups excluding carboxylic acids is 3. The summed E-state index contributed by atoms with van der Waals surface area (Å²) in [5.74, 6) is -2.23. The molecule has 2 aliphatic heterocycles. The Hall–Kier alpha value is -2.95. The van der Waals surface area contributed by atoms with Crippen molar-refractivity contribution >= 4 is 23.7 Å². The van der Waals surface area contributed by atoms with Crippen LogP contribution in [0.15, 0.2) is 12.5 Å². The molecule has 158 valence electrons. The average Bonchev–Trinajstić information content (AvgIpc) is 3.47. The SMILES string of the molecule is NCC(=O)N1CCCC1C(=O)N1CCCC1C(=O)NC(Cc1cnc[nH]1)C(=O)O. The van der Waals surface area contributed by atoms with Gasteiger partial charge in [0, 0.05) is 31.4 Å². The van der Waals surface area contributed by atoms with Crippen LogP contribution in [0, 0.1) is 0 Å². The molecule has 0 spiro atoms. The highest BCUT2D eigenvalue weighted by molar-refractivity contribution is 5.94. The number of hydrogen-bond donors (Lipinski definition) is 4. The summed E-state index contributed by atoms with van der Waals surface area (Å²) in [6, 6.07) is -2.50. The molecule has 0 aliphatic carbocycles. The third-order valence-electron chi connectivity index (χ3n) is 5.46. The quantitative estimate of drug-likeness (QED) is 0.427. The number of carboxylic acid groups (broad SMARTS) is 1. The highest BCUT2D eigenvalue weighted by Crippen LogP contribution is 2.25. The number of nitrogens with two attached hydrogens (primary N) is 1. The first-order valence-electron chi connectivity index (χ1n) is 9.72. The van der Waals surface area contributed by atoms with Crippen LogP contribution in [0.25, 0.3) is 0 Å². The van der Waals surface area contributed by atoms with E-state index in [9.17, 15) is 24.3 Å². The van der Waals surface area contributed by atoms with E-state index in [2.05, 4.69) is 15.3 Å². The maximum atomic E-state index is 13.1. The summed E-state index contributed by atoms with van der Waals surface area (Å²) in [6.07, 6.45) is 5.32. The highest BCUT2D eigenvalue weighted by Gasteiger charge is 2.42. The highest BCUT2D eigenvalue weighted by atomic mass is 16.4. The lowest BCUT2D eigenvalue weighted by Gasteiger charge is -2.31. The third kappa shape index (κ3) is 4.56.